The Labute approximate surface area is 95.4 Å². The number of nitrogens with one attached hydrogen (secondary N) is 1. The zero-order valence-electron chi connectivity index (χ0n) is 9.76. The number of hydrogen-bond acceptors (Lipinski definition) is 2. The molecule has 0 spiro atoms. The number of piperazine rings is 1. The fourth-order valence-electron chi connectivity index (χ4n) is 3.17. The highest BCUT2D eigenvalue weighted by Gasteiger charge is 2.36. The fourth-order valence-corrected chi connectivity index (χ4v) is 3.17. The lowest BCUT2D eigenvalue weighted by atomic mass is 10.1. The number of aryl methyl sites for hydroxylation is 1. The van der Waals surface area contributed by atoms with Crippen LogP contribution in [0.4, 0.5) is 10.1 Å². The maximum Gasteiger partial charge on any atom is 0.123 e. The molecule has 2 aliphatic rings. The molecule has 3 rings (SSSR count). The molecule has 1 fully saturated rings. The minimum atomic E-state index is -0.100. The third-order valence-electron chi connectivity index (χ3n) is 3.75. The summed E-state index contributed by atoms with van der Waals surface area (Å²) >= 11 is 0. The number of nitrogens with zero attached hydrogens (tertiary/aromatic N) is 1. The summed E-state index contributed by atoms with van der Waals surface area (Å²) in [5, 5.41) is 3.44. The van der Waals surface area contributed by atoms with Crippen LogP contribution in [0.3, 0.4) is 0 Å². The van der Waals surface area contributed by atoms with E-state index in [-0.39, 0.29) is 5.82 Å². The summed E-state index contributed by atoms with van der Waals surface area (Å²) in [5.41, 5.74) is 3.53. The van der Waals surface area contributed by atoms with Gasteiger partial charge in [-0.25, -0.2) is 4.39 Å². The molecule has 1 aromatic rings. The third kappa shape index (κ3) is 1.34. The summed E-state index contributed by atoms with van der Waals surface area (Å²) in [6.07, 6.45) is 0.977. The van der Waals surface area contributed by atoms with Gasteiger partial charge < -0.3 is 10.2 Å². The van der Waals surface area contributed by atoms with Gasteiger partial charge in [0.2, 0.25) is 0 Å². The molecule has 2 heterocycles. The Balaban J connectivity index is 2.10. The lowest BCUT2D eigenvalue weighted by Gasteiger charge is -2.39. The van der Waals surface area contributed by atoms with Gasteiger partial charge in [-0.2, -0.15) is 0 Å². The van der Waals surface area contributed by atoms with E-state index in [2.05, 4.69) is 17.1 Å². The van der Waals surface area contributed by atoms with Crippen molar-refractivity contribution in [3.05, 3.63) is 29.1 Å². The van der Waals surface area contributed by atoms with Crippen LogP contribution in [0.25, 0.3) is 0 Å². The van der Waals surface area contributed by atoms with Crippen molar-refractivity contribution in [1.29, 1.82) is 0 Å². The van der Waals surface area contributed by atoms with Crippen LogP contribution in [0.5, 0.6) is 0 Å². The molecule has 1 saturated heterocycles. The zero-order valence-corrected chi connectivity index (χ0v) is 9.76. The SMILES string of the molecule is Cc1cc(F)cc2c1N1C(C)CNC[C@H]1C2. The molecule has 0 amide bonds. The van der Waals surface area contributed by atoms with Crippen LogP contribution in [0.1, 0.15) is 18.1 Å². The minimum absolute atomic E-state index is 0.100. The quantitative estimate of drug-likeness (QED) is 0.718. The van der Waals surface area contributed by atoms with Gasteiger partial charge in [0, 0.05) is 30.9 Å². The molecular formula is C13H17FN2. The maximum absolute atomic E-state index is 13.4. The van der Waals surface area contributed by atoms with Gasteiger partial charge in [0.15, 0.2) is 0 Å². The van der Waals surface area contributed by atoms with E-state index in [0.29, 0.717) is 12.1 Å². The molecule has 86 valence electrons. The molecule has 0 aliphatic carbocycles. The Morgan fingerprint density at radius 1 is 1.38 bits per heavy atom. The molecule has 0 bridgehead atoms. The molecule has 3 heteroatoms. The van der Waals surface area contributed by atoms with Crippen molar-refractivity contribution >= 4 is 5.69 Å². The van der Waals surface area contributed by atoms with E-state index in [1.165, 1.54) is 11.3 Å². The second-order valence-corrected chi connectivity index (χ2v) is 5.00. The summed E-state index contributed by atoms with van der Waals surface area (Å²) in [6.45, 7) is 6.28. The molecule has 16 heavy (non-hydrogen) atoms. The highest BCUT2D eigenvalue weighted by molar-refractivity contribution is 5.65. The maximum atomic E-state index is 13.4. The number of halogens is 1. The summed E-state index contributed by atoms with van der Waals surface area (Å²) < 4.78 is 13.4. The lowest BCUT2D eigenvalue weighted by Crippen LogP contribution is -2.55. The lowest BCUT2D eigenvalue weighted by molar-refractivity contribution is 0.429. The topological polar surface area (TPSA) is 15.3 Å². The van der Waals surface area contributed by atoms with Crippen LogP contribution in [0.2, 0.25) is 0 Å². The fraction of sp³-hybridized carbons (Fsp3) is 0.538. The van der Waals surface area contributed by atoms with Gasteiger partial charge in [-0.1, -0.05) is 0 Å². The minimum Gasteiger partial charge on any atom is -0.363 e. The second-order valence-electron chi connectivity index (χ2n) is 5.00. The van der Waals surface area contributed by atoms with Gasteiger partial charge in [-0.15, -0.1) is 0 Å². The average molecular weight is 220 g/mol. The van der Waals surface area contributed by atoms with Gasteiger partial charge in [0.05, 0.1) is 0 Å². The molecule has 0 radical (unpaired) electrons. The third-order valence-corrected chi connectivity index (χ3v) is 3.75. The molecule has 0 aromatic heterocycles. The second kappa shape index (κ2) is 3.45. The van der Waals surface area contributed by atoms with E-state index in [1.807, 2.05) is 6.92 Å². The summed E-state index contributed by atoms with van der Waals surface area (Å²) in [6, 6.07) is 4.37. The number of fused-ring (bicyclic) bond motifs is 3. The van der Waals surface area contributed by atoms with E-state index in [9.17, 15) is 4.39 Å². The predicted molar refractivity (Wildman–Crippen MR) is 63.4 cm³/mol. The van der Waals surface area contributed by atoms with Gasteiger partial charge in [-0.05, 0) is 43.5 Å². The first kappa shape index (κ1) is 10.1. The van der Waals surface area contributed by atoms with Crippen molar-refractivity contribution in [2.45, 2.75) is 32.4 Å². The summed E-state index contributed by atoms with van der Waals surface area (Å²) in [5.74, 6) is -0.100. The normalized spacial score (nSPS) is 27.8. The smallest absolute Gasteiger partial charge is 0.123 e. The number of benzene rings is 1. The van der Waals surface area contributed by atoms with Crippen LogP contribution in [0.15, 0.2) is 12.1 Å². The van der Waals surface area contributed by atoms with E-state index in [4.69, 9.17) is 0 Å². The highest BCUT2D eigenvalue weighted by Crippen LogP contribution is 2.38. The van der Waals surface area contributed by atoms with Gasteiger partial charge in [-0.3, -0.25) is 0 Å². The van der Waals surface area contributed by atoms with Crippen LogP contribution < -0.4 is 10.2 Å². The van der Waals surface area contributed by atoms with Crippen molar-refractivity contribution in [1.82, 2.24) is 5.32 Å². The molecule has 1 N–H and O–H groups in total. The standard InChI is InChI=1S/C13H17FN2/c1-8-3-11(14)4-10-5-12-7-15-6-9(2)16(12)13(8)10/h3-4,9,12,15H,5-7H2,1-2H3/t9?,12-/m1/s1. The molecule has 0 saturated carbocycles. The number of anilines is 1. The Morgan fingerprint density at radius 2 is 2.19 bits per heavy atom. The Kier molecular flexibility index (Phi) is 2.18. The first-order valence-corrected chi connectivity index (χ1v) is 5.95. The van der Waals surface area contributed by atoms with Crippen molar-refractivity contribution in [3.8, 4) is 0 Å². The van der Waals surface area contributed by atoms with E-state index < -0.39 is 0 Å². The van der Waals surface area contributed by atoms with Crippen molar-refractivity contribution in [2.24, 2.45) is 0 Å². The van der Waals surface area contributed by atoms with Crippen LogP contribution in [-0.2, 0) is 6.42 Å². The van der Waals surface area contributed by atoms with Gasteiger partial charge >= 0.3 is 0 Å². The molecule has 2 nitrogen and oxygen atoms in total. The van der Waals surface area contributed by atoms with Crippen LogP contribution in [-0.4, -0.2) is 25.2 Å². The predicted octanol–water partition coefficient (Wildman–Crippen LogP) is 1.86. The number of rotatable bonds is 0. The van der Waals surface area contributed by atoms with Crippen LogP contribution >= 0.6 is 0 Å². The first-order valence-electron chi connectivity index (χ1n) is 5.95. The monoisotopic (exact) mass is 220 g/mol. The van der Waals surface area contributed by atoms with Crippen molar-refractivity contribution in [3.63, 3.8) is 0 Å². The zero-order chi connectivity index (χ0) is 11.3. The van der Waals surface area contributed by atoms with E-state index in [0.717, 1.165) is 25.1 Å². The Hall–Kier alpha value is -1.09. The summed E-state index contributed by atoms with van der Waals surface area (Å²) in [4.78, 5) is 2.47. The molecule has 1 aromatic carbocycles. The van der Waals surface area contributed by atoms with Crippen molar-refractivity contribution < 1.29 is 4.39 Å². The molecule has 2 aliphatic heterocycles. The van der Waals surface area contributed by atoms with E-state index >= 15 is 0 Å². The number of hydrogen-bond donors (Lipinski definition) is 1. The van der Waals surface area contributed by atoms with E-state index in [1.54, 1.807) is 12.1 Å². The highest BCUT2D eigenvalue weighted by atomic mass is 19.1. The molecule has 1 unspecified atom stereocenters. The summed E-state index contributed by atoms with van der Waals surface area (Å²) in [7, 11) is 0. The molecule has 2 atom stereocenters. The first-order chi connectivity index (χ1) is 7.66. The van der Waals surface area contributed by atoms with Gasteiger partial charge in [0.25, 0.3) is 0 Å². The largest absolute Gasteiger partial charge is 0.363 e. The Bertz CT molecular complexity index is 430. The average Bonchev–Trinajstić information content (AvgIpc) is 2.56. The van der Waals surface area contributed by atoms with Crippen LogP contribution in [0, 0.1) is 12.7 Å². The Morgan fingerprint density at radius 3 is 3.00 bits per heavy atom. The van der Waals surface area contributed by atoms with Crippen molar-refractivity contribution in [2.75, 3.05) is 18.0 Å². The van der Waals surface area contributed by atoms with Gasteiger partial charge in [0.1, 0.15) is 5.82 Å². The molecular weight excluding hydrogens is 203 g/mol.